The van der Waals surface area contributed by atoms with Crippen LogP contribution in [0.1, 0.15) is 30.5 Å². The molecule has 1 aromatic heterocycles. The van der Waals surface area contributed by atoms with E-state index in [1.165, 1.54) is 0 Å². The molecule has 0 radical (unpaired) electrons. The highest BCUT2D eigenvalue weighted by molar-refractivity contribution is 7.09. The molecule has 2 rings (SSSR count). The normalized spacial score (nSPS) is 17.1. The molecule has 2 N–H and O–H groups in total. The largest absolute Gasteiger partial charge is 0.396 e. The Morgan fingerprint density at radius 3 is 2.85 bits per heavy atom. The monoisotopic (exact) mass is 296 g/mol. The summed E-state index contributed by atoms with van der Waals surface area (Å²) >= 11 is 1.67. The van der Waals surface area contributed by atoms with E-state index in [0.29, 0.717) is 6.54 Å². The number of aliphatic hydroxyl groups is 1. The van der Waals surface area contributed by atoms with Gasteiger partial charge >= 0.3 is 0 Å². The Balaban J connectivity index is 1.97. The minimum atomic E-state index is 0.0543. The lowest BCUT2D eigenvalue weighted by atomic mass is 10.1. The van der Waals surface area contributed by atoms with Crippen LogP contribution in [-0.4, -0.2) is 47.7 Å². The number of hydrogen-bond donors (Lipinski definition) is 2. The van der Waals surface area contributed by atoms with Crippen molar-refractivity contribution < 1.29 is 5.11 Å². The van der Waals surface area contributed by atoms with Gasteiger partial charge in [-0.05, 0) is 26.7 Å². The lowest BCUT2D eigenvalue weighted by molar-refractivity contribution is 0.216. The first-order valence-corrected chi connectivity index (χ1v) is 7.98. The number of aromatic nitrogens is 1. The molecular weight excluding hydrogens is 272 g/mol. The molecule has 6 heteroatoms. The number of aliphatic hydroxyl groups excluding tert-OH is 1. The molecule has 0 aliphatic heterocycles. The van der Waals surface area contributed by atoms with E-state index in [4.69, 9.17) is 0 Å². The average Bonchev–Trinajstić information content (AvgIpc) is 3.11. The zero-order valence-electron chi connectivity index (χ0n) is 12.5. The second kappa shape index (κ2) is 6.54. The van der Waals surface area contributed by atoms with Gasteiger partial charge in [-0.2, -0.15) is 0 Å². The summed E-state index contributed by atoms with van der Waals surface area (Å²) < 4.78 is 0. The minimum absolute atomic E-state index is 0.0543. The smallest absolute Gasteiger partial charge is 0.194 e. The molecule has 0 amide bonds. The van der Waals surface area contributed by atoms with E-state index in [1.54, 1.807) is 11.3 Å². The van der Waals surface area contributed by atoms with Gasteiger partial charge in [0.15, 0.2) is 5.96 Å². The van der Waals surface area contributed by atoms with E-state index >= 15 is 0 Å². The van der Waals surface area contributed by atoms with Crippen LogP contribution in [0.2, 0.25) is 0 Å². The van der Waals surface area contributed by atoms with Gasteiger partial charge in [-0.1, -0.05) is 0 Å². The fourth-order valence-electron chi connectivity index (χ4n) is 2.05. The van der Waals surface area contributed by atoms with Crippen molar-refractivity contribution in [2.45, 2.75) is 33.2 Å². The van der Waals surface area contributed by atoms with Gasteiger partial charge in [0.2, 0.25) is 0 Å². The van der Waals surface area contributed by atoms with Gasteiger partial charge < -0.3 is 15.3 Å². The molecule has 20 heavy (non-hydrogen) atoms. The van der Waals surface area contributed by atoms with Crippen LogP contribution in [0.3, 0.4) is 0 Å². The summed E-state index contributed by atoms with van der Waals surface area (Å²) in [6, 6.07) is 0. The topological polar surface area (TPSA) is 60.8 Å². The standard InChI is InChI=1S/C14H24N4OS/c1-4-15-13(16-9-14(10-19)5-6-14)18(3)7-12-8-20-11(2)17-12/h8,19H,4-7,9-10H2,1-3H3,(H,15,16). The molecular formula is C14H24N4OS. The van der Waals surface area contributed by atoms with Crippen molar-refractivity contribution in [1.82, 2.24) is 15.2 Å². The Hall–Kier alpha value is -1.14. The summed E-state index contributed by atoms with van der Waals surface area (Å²) in [7, 11) is 2.02. The second-order valence-corrected chi connectivity index (χ2v) is 6.60. The molecule has 0 spiro atoms. The predicted octanol–water partition coefficient (Wildman–Crippen LogP) is 1.62. The molecule has 1 aliphatic rings. The summed E-state index contributed by atoms with van der Waals surface area (Å²) in [5.74, 6) is 0.887. The average molecular weight is 296 g/mol. The Kier molecular flexibility index (Phi) is 4.99. The van der Waals surface area contributed by atoms with Crippen LogP contribution in [0.15, 0.2) is 10.4 Å². The van der Waals surface area contributed by atoms with Crippen LogP contribution in [0.5, 0.6) is 0 Å². The maximum Gasteiger partial charge on any atom is 0.194 e. The van der Waals surface area contributed by atoms with Crippen molar-refractivity contribution in [2.24, 2.45) is 10.4 Å². The maximum atomic E-state index is 9.36. The van der Waals surface area contributed by atoms with E-state index in [2.05, 4.69) is 32.5 Å². The first kappa shape index (κ1) is 15.3. The molecule has 1 heterocycles. The maximum absolute atomic E-state index is 9.36. The van der Waals surface area contributed by atoms with Gasteiger partial charge in [-0.15, -0.1) is 11.3 Å². The third-order valence-corrected chi connectivity index (χ3v) is 4.44. The van der Waals surface area contributed by atoms with Crippen LogP contribution in [0, 0.1) is 12.3 Å². The van der Waals surface area contributed by atoms with E-state index < -0.39 is 0 Å². The van der Waals surface area contributed by atoms with Gasteiger partial charge in [0.05, 0.1) is 30.4 Å². The molecule has 0 unspecified atom stereocenters. The number of aryl methyl sites for hydroxylation is 1. The SMILES string of the molecule is CCNC(=NCC1(CO)CC1)N(C)Cc1csc(C)n1. The van der Waals surface area contributed by atoms with Gasteiger partial charge in [0.1, 0.15) is 0 Å². The zero-order valence-corrected chi connectivity index (χ0v) is 13.3. The summed E-state index contributed by atoms with van der Waals surface area (Å²) in [6.07, 6.45) is 2.17. The lowest BCUT2D eigenvalue weighted by Gasteiger charge is -2.22. The fourth-order valence-corrected chi connectivity index (χ4v) is 2.66. The molecule has 1 fully saturated rings. The van der Waals surface area contributed by atoms with Crippen LogP contribution >= 0.6 is 11.3 Å². The molecule has 0 saturated heterocycles. The highest BCUT2D eigenvalue weighted by Gasteiger charge is 2.41. The fraction of sp³-hybridized carbons (Fsp3) is 0.714. The highest BCUT2D eigenvalue weighted by atomic mass is 32.1. The number of aliphatic imine (C=N–C) groups is 1. The summed E-state index contributed by atoms with van der Waals surface area (Å²) in [5.41, 5.74) is 1.13. The van der Waals surface area contributed by atoms with Crippen molar-refractivity contribution >= 4 is 17.3 Å². The third kappa shape index (κ3) is 3.93. The van der Waals surface area contributed by atoms with Crippen LogP contribution in [-0.2, 0) is 6.54 Å². The van der Waals surface area contributed by atoms with E-state index in [-0.39, 0.29) is 12.0 Å². The molecule has 0 aromatic carbocycles. The number of rotatable bonds is 6. The minimum Gasteiger partial charge on any atom is -0.396 e. The molecule has 112 valence electrons. The van der Waals surface area contributed by atoms with E-state index in [0.717, 1.165) is 42.6 Å². The Bertz CT molecular complexity index is 467. The number of thiazole rings is 1. The van der Waals surface area contributed by atoms with Crippen molar-refractivity contribution in [1.29, 1.82) is 0 Å². The molecule has 0 bridgehead atoms. The lowest BCUT2D eigenvalue weighted by Crippen LogP contribution is -2.39. The van der Waals surface area contributed by atoms with Crippen LogP contribution in [0.25, 0.3) is 0 Å². The molecule has 5 nitrogen and oxygen atoms in total. The summed E-state index contributed by atoms with van der Waals surface area (Å²) in [6.45, 7) is 6.62. The first-order chi connectivity index (χ1) is 9.58. The first-order valence-electron chi connectivity index (χ1n) is 7.10. The van der Waals surface area contributed by atoms with Crippen molar-refractivity contribution in [3.8, 4) is 0 Å². The second-order valence-electron chi connectivity index (χ2n) is 5.54. The number of nitrogens with one attached hydrogen (secondary N) is 1. The highest BCUT2D eigenvalue weighted by Crippen LogP contribution is 2.45. The van der Waals surface area contributed by atoms with Crippen molar-refractivity contribution in [2.75, 3.05) is 26.7 Å². The van der Waals surface area contributed by atoms with Gasteiger partial charge in [-0.25, -0.2) is 4.98 Å². The van der Waals surface area contributed by atoms with E-state index in [9.17, 15) is 5.11 Å². The Morgan fingerprint density at radius 1 is 1.60 bits per heavy atom. The van der Waals surface area contributed by atoms with Crippen molar-refractivity contribution in [3.05, 3.63) is 16.1 Å². The number of hydrogen-bond acceptors (Lipinski definition) is 4. The van der Waals surface area contributed by atoms with Crippen LogP contribution in [0.4, 0.5) is 0 Å². The summed E-state index contributed by atoms with van der Waals surface area (Å²) in [5, 5.41) is 15.8. The molecule has 1 saturated carbocycles. The van der Waals surface area contributed by atoms with E-state index in [1.807, 2.05) is 14.0 Å². The van der Waals surface area contributed by atoms with Gasteiger partial charge in [0.25, 0.3) is 0 Å². The Morgan fingerprint density at radius 2 is 2.35 bits per heavy atom. The number of nitrogens with zero attached hydrogens (tertiary/aromatic N) is 3. The zero-order chi connectivity index (χ0) is 14.6. The van der Waals surface area contributed by atoms with Gasteiger partial charge in [-0.3, -0.25) is 4.99 Å². The van der Waals surface area contributed by atoms with Crippen LogP contribution < -0.4 is 5.32 Å². The predicted molar refractivity (Wildman–Crippen MR) is 83.0 cm³/mol. The molecule has 1 aliphatic carbocycles. The summed E-state index contributed by atoms with van der Waals surface area (Å²) in [4.78, 5) is 11.2. The molecule has 1 aromatic rings. The quantitative estimate of drug-likeness (QED) is 0.618. The van der Waals surface area contributed by atoms with Crippen molar-refractivity contribution in [3.63, 3.8) is 0 Å². The number of guanidine groups is 1. The van der Waals surface area contributed by atoms with Gasteiger partial charge in [0, 0.05) is 24.4 Å². The Labute approximate surface area is 124 Å². The third-order valence-electron chi connectivity index (χ3n) is 3.62. The molecule has 0 atom stereocenters.